The second-order valence-electron chi connectivity index (χ2n) is 8.86. The molecule has 3 amide bonds. The molecule has 0 saturated carbocycles. The van der Waals surface area contributed by atoms with Crippen LogP contribution in [0.2, 0.25) is 0 Å². The Labute approximate surface area is 212 Å². The normalized spacial score (nSPS) is 12.6. The average molecular weight is 511 g/mol. The van der Waals surface area contributed by atoms with Crippen molar-refractivity contribution in [3.63, 3.8) is 0 Å². The monoisotopic (exact) mass is 510 g/mol. The van der Waals surface area contributed by atoms with Crippen molar-refractivity contribution >= 4 is 34.5 Å². The third-order valence-corrected chi connectivity index (χ3v) is 5.64. The van der Waals surface area contributed by atoms with Crippen molar-refractivity contribution in [1.82, 2.24) is 30.9 Å². The lowest BCUT2D eigenvalue weighted by atomic mass is 9.99. The second kappa shape index (κ2) is 12.0. The molecule has 0 aliphatic heterocycles. The van der Waals surface area contributed by atoms with Crippen LogP contribution in [0.3, 0.4) is 0 Å². The molecule has 5 N–H and O–H groups in total. The average Bonchev–Trinajstić information content (AvgIpc) is 3.31. The van der Waals surface area contributed by atoms with Gasteiger partial charge in [-0.15, -0.1) is 0 Å². The van der Waals surface area contributed by atoms with E-state index in [-0.39, 0.29) is 30.1 Å². The molecule has 12 nitrogen and oxygen atoms in total. The number of fused-ring (bicyclic) bond motifs is 1. The minimum Gasteiger partial charge on any atom is -0.497 e. The number of likely N-dealkylation sites (N-methyl/N-ethyl adjacent to an activating group) is 1. The third kappa shape index (κ3) is 6.81. The van der Waals surface area contributed by atoms with Crippen molar-refractivity contribution in [2.45, 2.75) is 38.8 Å². The van der Waals surface area contributed by atoms with Gasteiger partial charge in [0.25, 0.3) is 17.4 Å². The summed E-state index contributed by atoms with van der Waals surface area (Å²) >= 11 is 0. The lowest BCUT2D eigenvalue weighted by molar-refractivity contribution is -0.140. The summed E-state index contributed by atoms with van der Waals surface area (Å²) in [6, 6.07) is 5.81. The number of aromatic nitrogens is 3. The zero-order chi connectivity index (χ0) is 27.1. The molecule has 0 saturated heterocycles. The summed E-state index contributed by atoms with van der Waals surface area (Å²) in [4.78, 5) is 72.8. The minimum absolute atomic E-state index is 0.000967. The molecule has 1 aromatic carbocycles. The number of carbonyl (C=O) groups is 4. The van der Waals surface area contributed by atoms with Gasteiger partial charge in [-0.2, -0.15) is 0 Å². The molecule has 0 radical (unpaired) electrons. The van der Waals surface area contributed by atoms with E-state index in [4.69, 9.17) is 4.74 Å². The number of ether oxygens (including phenoxy) is 1. The highest BCUT2D eigenvalue weighted by Gasteiger charge is 2.31. The van der Waals surface area contributed by atoms with Gasteiger partial charge in [-0.25, -0.2) is 4.98 Å². The predicted octanol–water partition coefficient (Wildman–Crippen LogP) is 0.447. The molecule has 2 heterocycles. The molecule has 3 rings (SSSR count). The molecule has 2 unspecified atom stereocenters. The Kier molecular flexibility index (Phi) is 8.77. The molecule has 12 heteroatoms. The molecule has 0 bridgehead atoms. The number of hydrogen-bond donors (Lipinski definition) is 5. The molecule has 0 aliphatic carbocycles. The summed E-state index contributed by atoms with van der Waals surface area (Å²) in [7, 11) is 2.81. The predicted molar refractivity (Wildman–Crippen MR) is 135 cm³/mol. The van der Waals surface area contributed by atoms with E-state index in [1.54, 1.807) is 24.3 Å². The molecule has 2 atom stereocenters. The van der Waals surface area contributed by atoms with Gasteiger partial charge in [0.05, 0.1) is 18.1 Å². The SMILES string of the molecule is CNC(=O)C(=O)C(Cc1ccc[nH]c1=O)NC(=O)C(CC(C)C)NC(=O)c1nc2ccc(OC)cc2[nH]1. The van der Waals surface area contributed by atoms with Crippen LogP contribution in [0.4, 0.5) is 0 Å². The summed E-state index contributed by atoms with van der Waals surface area (Å²) in [5, 5.41) is 7.45. The van der Waals surface area contributed by atoms with Gasteiger partial charge in [0, 0.05) is 31.3 Å². The summed E-state index contributed by atoms with van der Waals surface area (Å²) in [6.45, 7) is 3.74. The van der Waals surface area contributed by atoms with Crippen LogP contribution in [0.5, 0.6) is 5.75 Å². The standard InChI is InChI=1S/C25H30N6O6/c1-13(2)10-19(31-25(36)21-28-16-8-7-15(37-4)12-17(16)29-21)23(34)30-18(20(32)24(35)26-3)11-14-6-5-9-27-22(14)33/h5-9,12-13,18-19H,10-11H2,1-4H3,(H,26,35)(H,27,33)(H,28,29)(H,30,34)(H,31,36). The minimum atomic E-state index is -1.32. The van der Waals surface area contributed by atoms with Crippen LogP contribution in [-0.4, -0.2) is 64.7 Å². The maximum atomic E-state index is 13.3. The third-order valence-electron chi connectivity index (χ3n) is 5.64. The van der Waals surface area contributed by atoms with Crippen LogP contribution >= 0.6 is 0 Å². The van der Waals surface area contributed by atoms with E-state index in [1.165, 1.54) is 26.4 Å². The molecule has 0 aliphatic rings. The number of carbonyl (C=O) groups excluding carboxylic acids is 4. The van der Waals surface area contributed by atoms with E-state index >= 15 is 0 Å². The topological polar surface area (TPSA) is 175 Å². The van der Waals surface area contributed by atoms with Gasteiger partial charge < -0.3 is 30.7 Å². The molecule has 37 heavy (non-hydrogen) atoms. The number of imidazole rings is 1. The van der Waals surface area contributed by atoms with E-state index in [0.29, 0.717) is 16.8 Å². The van der Waals surface area contributed by atoms with Crippen LogP contribution in [0, 0.1) is 5.92 Å². The molecule has 0 spiro atoms. The highest BCUT2D eigenvalue weighted by atomic mass is 16.5. The van der Waals surface area contributed by atoms with Crippen LogP contribution < -0.4 is 26.2 Å². The number of ketones is 1. The lowest BCUT2D eigenvalue weighted by Gasteiger charge is -2.23. The first kappa shape index (κ1) is 27.1. The van der Waals surface area contributed by atoms with Crippen molar-refractivity contribution in [3.8, 4) is 5.75 Å². The van der Waals surface area contributed by atoms with Crippen LogP contribution in [0.1, 0.15) is 36.5 Å². The van der Waals surface area contributed by atoms with Crippen molar-refractivity contribution in [2.75, 3.05) is 14.2 Å². The fourth-order valence-corrected chi connectivity index (χ4v) is 3.75. The molecular weight excluding hydrogens is 480 g/mol. The number of aromatic amines is 2. The summed E-state index contributed by atoms with van der Waals surface area (Å²) in [5.41, 5.74) is 0.894. The van der Waals surface area contributed by atoms with E-state index in [0.717, 1.165) is 0 Å². The van der Waals surface area contributed by atoms with Gasteiger partial charge in [-0.1, -0.05) is 19.9 Å². The van der Waals surface area contributed by atoms with Gasteiger partial charge in [-0.3, -0.25) is 24.0 Å². The number of benzene rings is 1. The summed E-state index contributed by atoms with van der Waals surface area (Å²) < 4.78 is 5.18. The summed E-state index contributed by atoms with van der Waals surface area (Å²) in [6.07, 6.45) is 1.47. The number of amides is 3. The quantitative estimate of drug-likeness (QED) is 0.233. The Balaban J connectivity index is 1.82. The molecular formula is C25H30N6O6. The smallest absolute Gasteiger partial charge is 0.289 e. The first-order chi connectivity index (χ1) is 17.6. The fraction of sp³-hybridized carbons (Fsp3) is 0.360. The van der Waals surface area contributed by atoms with Crippen molar-refractivity contribution < 1.29 is 23.9 Å². The van der Waals surface area contributed by atoms with Crippen molar-refractivity contribution in [1.29, 1.82) is 0 Å². The van der Waals surface area contributed by atoms with Gasteiger partial charge in [0.15, 0.2) is 5.82 Å². The van der Waals surface area contributed by atoms with E-state index in [9.17, 15) is 24.0 Å². The number of hydrogen-bond acceptors (Lipinski definition) is 7. The Morgan fingerprint density at radius 2 is 1.84 bits per heavy atom. The fourth-order valence-electron chi connectivity index (χ4n) is 3.75. The summed E-state index contributed by atoms with van der Waals surface area (Å²) in [5.74, 6) is -2.54. The van der Waals surface area contributed by atoms with Crippen LogP contribution in [-0.2, 0) is 20.8 Å². The van der Waals surface area contributed by atoms with E-state index in [1.807, 2.05) is 13.8 Å². The number of H-pyrrole nitrogens is 2. The number of methoxy groups -OCH3 is 1. The van der Waals surface area contributed by atoms with Crippen molar-refractivity contribution in [3.05, 3.63) is 58.3 Å². The highest BCUT2D eigenvalue weighted by molar-refractivity contribution is 6.38. The second-order valence-corrected chi connectivity index (χ2v) is 8.86. The van der Waals surface area contributed by atoms with Crippen molar-refractivity contribution in [2.24, 2.45) is 5.92 Å². The number of rotatable bonds is 11. The maximum Gasteiger partial charge on any atom is 0.289 e. The Morgan fingerprint density at radius 3 is 2.49 bits per heavy atom. The largest absolute Gasteiger partial charge is 0.497 e. The van der Waals surface area contributed by atoms with Crippen LogP contribution in [0.15, 0.2) is 41.3 Å². The number of nitrogens with one attached hydrogen (secondary N) is 5. The molecule has 2 aromatic heterocycles. The Morgan fingerprint density at radius 1 is 1.08 bits per heavy atom. The van der Waals surface area contributed by atoms with Gasteiger partial charge in [0.1, 0.15) is 17.8 Å². The molecule has 3 aromatic rings. The zero-order valence-electron chi connectivity index (χ0n) is 21.0. The number of nitrogens with zero attached hydrogens (tertiary/aromatic N) is 1. The van der Waals surface area contributed by atoms with Gasteiger partial charge in [0.2, 0.25) is 11.7 Å². The highest BCUT2D eigenvalue weighted by Crippen LogP contribution is 2.19. The molecule has 0 fully saturated rings. The first-order valence-electron chi connectivity index (χ1n) is 11.7. The first-order valence-corrected chi connectivity index (χ1v) is 11.7. The Bertz CT molecular complexity index is 1360. The maximum absolute atomic E-state index is 13.3. The van der Waals surface area contributed by atoms with Gasteiger partial charge >= 0.3 is 0 Å². The number of Topliss-reactive ketones (excluding diaryl/α,β-unsaturated/α-hetero) is 1. The van der Waals surface area contributed by atoms with E-state index < -0.39 is 41.1 Å². The van der Waals surface area contributed by atoms with Gasteiger partial charge in [-0.05, 0) is 30.5 Å². The number of pyridine rings is 1. The molecule has 196 valence electrons. The lowest BCUT2D eigenvalue weighted by Crippen LogP contribution is -2.55. The van der Waals surface area contributed by atoms with Crippen LogP contribution in [0.25, 0.3) is 11.0 Å². The van der Waals surface area contributed by atoms with E-state index in [2.05, 4.69) is 30.9 Å². The zero-order valence-corrected chi connectivity index (χ0v) is 21.0. The Hall–Kier alpha value is -4.48.